The molecule has 0 atom stereocenters. The Hall–Kier alpha value is -0.540. The van der Waals surface area contributed by atoms with Gasteiger partial charge in [0.15, 0.2) is 0 Å². The van der Waals surface area contributed by atoms with Crippen LogP contribution in [0.3, 0.4) is 0 Å². The molecule has 1 aromatic carbocycles. The second-order valence-electron chi connectivity index (χ2n) is 5.37. The molecule has 1 aromatic rings. The highest BCUT2D eigenvalue weighted by Crippen LogP contribution is 2.35. The van der Waals surface area contributed by atoms with Gasteiger partial charge < -0.3 is 15.2 Å². The molecule has 9 heteroatoms. The number of nitrogens with one attached hydrogen (secondary N) is 1. The van der Waals surface area contributed by atoms with Crippen LogP contribution in [0.15, 0.2) is 21.5 Å². The summed E-state index contributed by atoms with van der Waals surface area (Å²) in [5.41, 5.74) is 5.85. The molecule has 0 radical (unpaired) electrons. The Morgan fingerprint density at radius 2 is 1.70 bits per heavy atom. The monoisotopic (exact) mass is 428 g/mol. The van der Waals surface area contributed by atoms with Gasteiger partial charge in [0.1, 0.15) is 16.4 Å². The summed E-state index contributed by atoms with van der Waals surface area (Å²) in [5, 5.41) is 0. The number of methoxy groups -OCH3 is 2. The van der Waals surface area contributed by atoms with E-state index in [-0.39, 0.29) is 35.1 Å². The standard InChI is InChI=1S/C14H21BrN2O4S.ClH/c1-20-12-8-14(13(21-2)7-11(12)15)22(18,19)17-10-5-3-9(16)4-6-10;/h7-10,17H,3-6,16H2,1-2H3;1H. The van der Waals surface area contributed by atoms with E-state index in [9.17, 15) is 8.42 Å². The zero-order valence-corrected chi connectivity index (χ0v) is 16.3. The maximum atomic E-state index is 12.6. The normalized spacial score (nSPS) is 21.4. The van der Waals surface area contributed by atoms with Crippen molar-refractivity contribution in [2.24, 2.45) is 5.73 Å². The van der Waals surface area contributed by atoms with Gasteiger partial charge in [0.25, 0.3) is 0 Å². The molecule has 0 bridgehead atoms. The Morgan fingerprint density at radius 1 is 1.13 bits per heavy atom. The largest absolute Gasteiger partial charge is 0.496 e. The summed E-state index contributed by atoms with van der Waals surface area (Å²) in [6.07, 6.45) is 3.15. The molecule has 132 valence electrons. The topological polar surface area (TPSA) is 90.7 Å². The summed E-state index contributed by atoms with van der Waals surface area (Å²) >= 11 is 3.32. The number of halogens is 2. The van der Waals surface area contributed by atoms with Gasteiger partial charge in [0, 0.05) is 18.2 Å². The fraction of sp³-hybridized carbons (Fsp3) is 0.571. The summed E-state index contributed by atoms with van der Waals surface area (Å²) in [7, 11) is -0.764. The van der Waals surface area contributed by atoms with Gasteiger partial charge in [-0.25, -0.2) is 13.1 Å². The van der Waals surface area contributed by atoms with E-state index >= 15 is 0 Å². The van der Waals surface area contributed by atoms with Crippen LogP contribution in [0.1, 0.15) is 25.7 Å². The maximum Gasteiger partial charge on any atom is 0.244 e. The Labute approximate surface area is 151 Å². The molecule has 0 aliphatic heterocycles. The highest BCUT2D eigenvalue weighted by Gasteiger charge is 2.27. The summed E-state index contributed by atoms with van der Waals surface area (Å²) in [4.78, 5) is 0.0740. The van der Waals surface area contributed by atoms with Gasteiger partial charge in [-0.2, -0.15) is 0 Å². The third-order valence-electron chi connectivity index (χ3n) is 3.82. The highest BCUT2D eigenvalue weighted by molar-refractivity contribution is 9.10. The highest BCUT2D eigenvalue weighted by atomic mass is 79.9. The van der Waals surface area contributed by atoms with Crippen molar-refractivity contribution in [3.63, 3.8) is 0 Å². The smallest absolute Gasteiger partial charge is 0.244 e. The van der Waals surface area contributed by atoms with Crippen molar-refractivity contribution in [2.45, 2.75) is 42.7 Å². The van der Waals surface area contributed by atoms with Crippen molar-refractivity contribution in [1.82, 2.24) is 4.72 Å². The fourth-order valence-corrected chi connectivity index (χ4v) is 4.52. The van der Waals surface area contributed by atoms with Crippen LogP contribution in [0.25, 0.3) is 0 Å². The summed E-state index contributed by atoms with van der Waals surface area (Å²) in [6.45, 7) is 0. The van der Waals surface area contributed by atoms with Crippen LogP contribution in [0.5, 0.6) is 11.5 Å². The molecule has 1 fully saturated rings. The lowest BCUT2D eigenvalue weighted by Gasteiger charge is -2.27. The molecule has 0 heterocycles. The lowest BCUT2D eigenvalue weighted by Crippen LogP contribution is -2.40. The van der Waals surface area contributed by atoms with Crippen molar-refractivity contribution in [2.75, 3.05) is 14.2 Å². The van der Waals surface area contributed by atoms with Gasteiger partial charge in [-0.1, -0.05) is 0 Å². The van der Waals surface area contributed by atoms with Crippen molar-refractivity contribution in [3.8, 4) is 11.5 Å². The maximum absolute atomic E-state index is 12.6. The zero-order valence-electron chi connectivity index (χ0n) is 13.0. The van der Waals surface area contributed by atoms with Gasteiger partial charge >= 0.3 is 0 Å². The van der Waals surface area contributed by atoms with Gasteiger partial charge in [-0.05, 0) is 47.7 Å². The van der Waals surface area contributed by atoms with Crippen LogP contribution in [0.4, 0.5) is 0 Å². The van der Waals surface area contributed by atoms with E-state index in [1.807, 2.05) is 0 Å². The minimum Gasteiger partial charge on any atom is -0.496 e. The molecule has 23 heavy (non-hydrogen) atoms. The molecule has 0 spiro atoms. The number of benzene rings is 1. The van der Waals surface area contributed by atoms with E-state index in [1.165, 1.54) is 20.3 Å². The molecule has 1 saturated carbocycles. The second-order valence-corrected chi connectivity index (χ2v) is 7.91. The zero-order chi connectivity index (χ0) is 16.3. The van der Waals surface area contributed by atoms with Gasteiger partial charge in [-0.15, -0.1) is 12.4 Å². The molecule has 6 nitrogen and oxygen atoms in total. The molecular weight excluding hydrogens is 408 g/mol. The average molecular weight is 430 g/mol. The van der Waals surface area contributed by atoms with Gasteiger partial charge in [-0.3, -0.25) is 0 Å². The van der Waals surface area contributed by atoms with Gasteiger partial charge in [0.2, 0.25) is 10.0 Å². The third kappa shape index (κ3) is 4.96. The molecular formula is C14H22BrClN2O4S. The SMILES string of the molecule is COc1cc(S(=O)(=O)NC2CCC(N)CC2)c(OC)cc1Br.Cl. The molecule has 1 aliphatic carbocycles. The van der Waals surface area contributed by atoms with Crippen molar-refractivity contribution >= 4 is 38.4 Å². The van der Waals surface area contributed by atoms with E-state index < -0.39 is 10.0 Å². The predicted octanol–water partition coefficient (Wildman–Crippen LogP) is 2.44. The van der Waals surface area contributed by atoms with Gasteiger partial charge in [0.05, 0.1) is 18.7 Å². The lowest BCUT2D eigenvalue weighted by molar-refractivity contribution is 0.370. The molecule has 1 aliphatic rings. The Morgan fingerprint density at radius 3 is 2.22 bits per heavy atom. The second kappa shape index (κ2) is 8.53. The lowest BCUT2D eigenvalue weighted by atomic mass is 9.93. The van der Waals surface area contributed by atoms with E-state index in [2.05, 4.69) is 20.7 Å². The number of sulfonamides is 1. The van der Waals surface area contributed by atoms with Crippen LogP contribution < -0.4 is 19.9 Å². The van der Waals surface area contributed by atoms with Crippen LogP contribution in [0.2, 0.25) is 0 Å². The van der Waals surface area contributed by atoms with Crippen LogP contribution >= 0.6 is 28.3 Å². The Balaban J connectivity index is 0.00000264. The van der Waals surface area contributed by atoms with Crippen LogP contribution in [-0.4, -0.2) is 34.7 Å². The molecule has 0 saturated heterocycles. The minimum absolute atomic E-state index is 0. The van der Waals surface area contributed by atoms with Crippen LogP contribution in [-0.2, 0) is 10.0 Å². The summed E-state index contributed by atoms with van der Waals surface area (Å²) in [5.74, 6) is 0.708. The molecule has 2 rings (SSSR count). The van der Waals surface area contributed by atoms with Crippen molar-refractivity contribution < 1.29 is 17.9 Å². The summed E-state index contributed by atoms with van der Waals surface area (Å²) < 4.78 is 39.0. The van der Waals surface area contributed by atoms with E-state index in [0.717, 1.165) is 25.7 Å². The number of rotatable bonds is 5. The Kier molecular flexibility index (Phi) is 7.60. The third-order valence-corrected chi connectivity index (χ3v) is 5.98. The first-order valence-electron chi connectivity index (χ1n) is 7.07. The number of hydrogen-bond donors (Lipinski definition) is 2. The molecule has 0 aromatic heterocycles. The number of nitrogens with two attached hydrogens (primary N) is 1. The average Bonchev–Trinajstić information content (AvgIpc) is 2.48. The first kappa shape index (κ1) is 20.5. The Bertz CT molecular complexity index is 634. The number of hydrogen-bond acceptors (Lipinski definition) is 5. The van der Waals surface area contributed by atoms with Crippen molar-refractivity contribution in [3.05, 3.63) is 16.6 Å². The predicted molar refractivity (Wildman–Crippen MR) is 95.0 cm³/mol. The summed E-state index contributed by atoms with van der Waals surface area (Å²) in [6, 6.07) is 3.12. The molecule has 0 unspecified atom stereocenters. The van der Waals surface area contributed by atoms with E-state index in [4.69, 9.17) is 15.2 Å². The van der Waals surface area contributed by atoms with Crippen LogP contribution in [0, 0.1) is 0 Å². The minimum atomic E-state index is -3.69. The van der Waals surface area contributed by atoms with E-state index in [1.54, 1.807) is 6.07 Å². The molecule has 3 N–H and O–H groups in total. The quantitative estimate of drug-likeness (QED) is 0.750. The first-order chi connectivity index (χ1) is 10.4. The molecule has 0 amide bonds. The van der Waals surface area contributed by atoms with Crippen molar-refractivity contribution in [1.29, 1.82) is 0 Å². The fourth-order valence-electron chi connectivity index (χ4n) is 2.56. The van der Waals surface area contributed by atoms with E-state index in [0.29, 0.717) is 10.2 Å². The first-order valence-corrected chi connectivity index (χ1v) is 9.34. The number of ether oxygens (including phenoxy) is 2.